The van der Waals surface area contributed by atoms with Gasteiger partial charge in [0.05, 0.1) is 10.0 Å². The molecule has 0 aliphatic carbocycles. The summed E-state index contributed by atoms with van der Waals surface area (Å²) in [5, 5.41) is 4.54. The summed E-state index contributed by atoms with van der Waals surface area (Å²) < 4.78 is 0. The molecule has 1 aromatic rings. The largest absolute Gasteiger partial charge is 0.369 e. The average molecular weight is 330 g/mol. The molecule has 0 bridgehead atoms. The molecule has 1 saturated heterocycles. The Morgan fingerprint density at radius 3 is 2.76 bits per heavy atom. The van der Waals surface area contributed by atoms with Gasteiger partial charge in [-0.25, -0.2) is 4.98 Å². The highest BCUT2D eigenvalue weighted by Gasteiger charge is 2.25. The third kappa shape index (κ3) is 4.17. The van der Waals surface area contributed by atoms with Crippen LogP contribution in [-0.2, 0) is 0 Å². The van der Waals surface area contributed by atoms with E-state index in [1.807, 2.05) is 6.07 Å². The predicted molar refractivity (Wildman–Crippen MR) is 92.9 cm³/mol. The lowest BCUT2D eigenvalue weighted by atomic mass is 9.98. The molecule has 1 N–H and O–H groups in total. The maximum Gasteiger partial charge on any atom is 0.150 e. The maximum absolute atomic E-state index is 6.42. The Morgan fingerprint density at radius 1 is 1.24 bits per heavy atom. The van der Waals surface area contributed by atoms with Crippen molar-refractivity contribution in [3.8, 4) is 0 Å². The van der Waals surface area contributed by atoms with Gasteiger partial charge in [0.15, 0.2) is 0 Å². The van der Waals surface area contributed by atoms with Gasteiger partial charge in [-0.15, -0.1) is 0 Å². The monoisotopic (exact) mass is 329 g/mol. The average Bonchev–Trinajstić information content (AvgIpc) is 2.48. The number of anilines is 2. The Bertz CT molecular complexity index is 463. The lowest BCUT2D eigenvalue weighted by molar-refractivity contribution is 0.432. The van der Waals surface area contributed by atoms with Crippen molar-refractivity contribution in [2.45, 2.75) is 58.4 Å². The van der Waals surface area contributed by atoms with Gasteiger partial charge >= 0.3 is 0 Å². The minimum Gasteiger partial charge on any atom is -0.369 e. The van der Waals surface area contributed by atoms with E-state index >= 15 is 0 Å². The van der Waals surface area contributed by atoms with E-state index in [0.29, 0.717) is 16.1 Å². The van der Waals surface area contributed by atoms with Gasteiger partial charge in [0.25, 0.3) is 0 Å². The normalized spacial score (nSPS) is 18.9. The first-order valence-corrected chi connectivity index (χ1v) is 8.79. The van der Waals surface area contributed by atoms with Gasteiger partial charge in [0.1, 0.15) is 11.6 Å². The summed E-state index contributed by atoms with van der Waals surface area (Å²) in [7, 11) is 0. The molecule has 2 heterocycles. The number of rotatable bonds is 6. The molecule has 1 aliphatic heterocycles. The lowest BCUT2D eigenvalue weighted by Crippen LogP contribution is -2.40. The first-order chi connectivity index (χ1) is 10.2. The molecule has 2 rings (SSSR count). The zero-order chi connectivity index (χ0) is 15.2. The van der Waals surface area contributed by atoms with Crippen LogP contribution in [0.1, 0.15) is 52.4 Å². The molecule has 3 nitrogen and oxygen atoms in total. The van der Waals surface area contributed by atoms with Gasteiger partial charge in [-0.2, -0.15) is 0 Å². The van der Waals surface area contributed by atoms with Crippen LogP contribution in [0, 0.1) is 0 Å². The van der Waals surface area contributed by atoms with Gasteiger partial charge in [-0.05, 0) is 38.2 Å². The summed E-state index contributed by atoms with van der Waals surface area (Å²) in [5.41, 5.74) is 0. The molecule has 0 amide bonds. The van der Waals surface area contributed by atoms with Crippen LogP contribution in [0.25, 0.3) is 0 Å². The molecule has 1 unspecified atom stereocenters. The first-order valence-electron chi connectivity index (χ1n) is 8.03. The molecule has 118 valence electrons. The number of aromatic nitrogens is 1. The van der Waals surface area contributed by atoms with E-state index < -0.39 is 0 Å². The zero-order valence-corrected chi connectivity index (χ0v) is 14.5. The highest BCUT2D eigenvalue weighted by Crippen LogP contribution is 2.35. The second kappa shape index (κ2) is 8.09. The Balaban J connectivity index is 2.27. The van der Waals surface area contributed by atoms with Crippen LogP contribution in [0.2, 0.25) is 10.0 Å². The fourth-order valence-electron chi connectivity index (χ4n) is 2.94. The summed E-state index contributed by atoms with van der Waals surface area (Å²) in [5.74, 6) is 1.64. The quantitative estimate of drug-likeness (QED) is 0.760. The molecule has 1 fully saturated rings. The first kappa shape index (κ1) is 16.7. The highest BCUT2D eigenvalue weighted by atomic mass is 35.5. The van der Waals surface area contributed by atoms with Crippen molar-refractivity contribution in [2.24, 2.45) is 0 Å². The Hall–Kier alpha value is -0.670. The van der Waals surface area contributed by atoms with E-state index in [1.54, 1.807) is 0 Å². The van der Waals surface area contributed by atoms with Crippen molar-refractivity contribution < 1.29 is 0 Å². The number of hydrogen-bond donors (Lipinski definition) is 1. The third-order valence-corrected chi connectivity index (χ3v) is 4.54. The van der Waals surface area contributed by atoms with Crippen molar-refractivity contribution in [1.82, 2.24) is 4.98 Å². The number of hydrogen-bond acceptors (Lipinski definition) is 3. The van der Waals surface area contributed by atoms with E-state index in [9.17, 15) is 0 Å². The van der Waals surface area contributed by atoms with E-state index in [-0.39, 0.29) is 0 Å². The fourth-order valence-corrected chi connectivity index (χ4v) is 3.47. The van der Waals surface area contributed by atoms with E-state index in [0.717, 1.165) is 31.1 Å². The zero-order valence-electron chi connectivity index (χ0n) is 13.0. The number of piperidine rings is 1. The molecule has 0 radical (unpaired) electrons. The molecule has 5 heteroatoms. The molecule has 0 spiro atoms. The third-order valence-electron chi connectivity index (χ3n) is 3.97. The van der Waals surface area contributed by atoms with Crippen LogP contribution in [-0.4, -0.2) is 24.1 Å². The van der Waals surface area contributed by atoms with Crippen LogP contribution < -0.4 is 10.2 Å². The van der Waals surface area contributed by atoms with Gasteiger partial charge in [0.2, 0.25) is 0 Å². The second-order valence-electron chi connectivity index (χ2n) is 5.68. The van der Waals surface area contributed by atoms with Crippen molar-refractivity contribution in [3.63, 3.8) is 0 Å². The summed E-state index contributed by atoms with van der Waals surface area (Å²) in [6.45, 7) is 6.26. The molecule has 1 aromatic heterocycles. The predicted octanol–water partition coefficient (Wildman–Crippen LogP) is 5.37. The molecular formula is C16H25Cl2N3. The van der Waals surface area contributed by atoms with Gasteiger partial charge < -0.3 is 10.2 Å². The standard InChI is InChI=1S/C16H25Cl2N3/c1-3-7-12-8-5-6-10-21(12)16-14(18)11-13(17)15(20-16)19-9-4-2/h11-12H,3-10H2,1-2H3,(H,19,20). The Morgan fingerprint density at radius 2 is 2.05 bits per heavy atom. The lowest BCUT2D eigenvalue weighted by Gasteiger charge is -2.37. The Labute approximate surface area is 138 Å². The molecule has 0 aromatic carbocycles. The van der Waals surface area contributed by atoms with E-state index in [2.05, 4.69) is 24.1 Å². The summed E-state index contributed by atoms with van der Waals surface area (Å²) in [6.07, 6.45) is 7.15. The fraction of sp³-hybridized carbons (Fsp3) is 0.688. The number of nitrogens with one attached hydrogen (secondary N) is 1. The highest BCUT2D eigenvalue weighted by molar-refractivity contribution is 6.37. The van der Waals surface area contributed by atoms with Gasteiger partial charge in [-0.1, -0.05) is 43.5 Å². The van der Waals surface area contributed by atoms with Crippen LogP contribution in [0.15, 0.2) is 6.07 Å². The smallest absolute Gasteiger partial charge is 0.150 e. The summed E-state index contributed by atoms with van der Waals surface area (Å²) in [4.78, 5) is 7.09. The SMILES string of the molecule is CCCNc1nc(N2CCCCC2CCC)c(Cl)cc1Cl. The van der Waals surface area contributed by atoms with Crippen LogP contribution in [0.4, 0.5) is 11.6 Å². The minimum absolute atomic E-state index is 0.550. The minimum atomic E-state index is 0.550. The second-order valence-corrected chi connectivity index (χ2v) is 6.50. The Kier molecular flexibility index (Phi) is 6.43. The number of nitrogens with zero attached hydrogens (tertiary/aromatic N) is 2. The summed E-state index contributed by atoms with van der Waals surface area (Å²) in [6, 6.07) is 2.37. The molecule has 1 atom stereocenters. The number of pyridine rings is 1. The van der Waals surface area contributed by atoms with Crippen LogP contribution in [0.3, 0.4) is 0 Å². The van der Waals surface area contributed by atoms with Crippen molar-refractivity contribution in [1.29, 1.82) is 0 Å². The maximum atomic E-state index is 6.42. The molecule has 21 heavy (non-hydrogen) atoms. The van der Waals surface area contributed by atoms with Gasteiger partial charge in [-0.3, -0.25) is 0 Å². The molecule has 0 saturated carbocycles. The van der Waals surface area contributed by atoms with Gasteiger partial charge in [0, 0.05) is 19.1 Å². The molecular weight excluding hydrogens is 305 g/mol. The van der Waals surface area contributed by atoms with Crippen molar-refractivity contribution in [3.05, 3.63) is 16.1 Å². The summed E-state index contributed by atoms with van der Waals surface area (Å²) >= 11 is 12.7. The van der Waals surface area contributed by atoms with Crippen molar-refractivity contribution in [2.75, 3.05) is 23.3 Å². The van der Waals surface area contributed by atoms with E-state index in [4.69, 9.17) is 28.2 Å². The number of halogens is 2. The van der Waals surface area contributed by atoms with Crippen LogP contribution >= 0.6 is 23.2 Å². The topological polar surface area (TPSA) is 28.2 Å². The molecule has 1 aliphatic rings. The van der Waals surface area contributed by atoms with Crippen LogP contribution in [0.5, 0.6) is 0 Å². The van der Waals surface area contributed by atoms with E-state index in [1.165, 1.54) is 32.1 Å². The van der Waals surface area contributed by atoms with Crippen molar-refractivity contribution >= 4 is 34.8 Å².